The third-order valence-corrected chi connectivity index (χ3v) is 4.35. The van der Waals surface area contributed by atoms with Gasteiger partial charge in [0.15, 0.2) is 0 Å². The maximum absolute atomic E-state index is 12.5. The molecule has 0 radical (unpaired) electrons. The van der Waals surface area contributed by atoms with Crippen LogP contribution in [-0.4, -0.2) is 18.9 Å². The van der Waals surface area contributed by atoms with E-state index in [4.69, 9.17) is 16.3 Å². The van der Waals surface area contributed by atoms with Crippen molar-refractivity contribution in [2.24, 2.45) is 0 Å². The van der Waals surface area contributed by atoms with Gasteiger partial charge in [-0.1, -0.05) is 41.9 Å². The molecule has 5 nitrogen and oxygen atoms in total. The van der Waals surface area contributed by atoms with E-state index in [1.54, 1.807) is 55.6 Å². The Hall–Kier alpha value is -3.31. The van der Waals surface area contributed by atoms with E-state index in [0.29, 0.717) is 27.7 Å². The van der Waals surface area contributed by atoms with Crippen LogP contribution in [0.5, 0.6) is 5.75 Å². The minimum Gasteiger partial charge on any atom is -0.496 e. The molecule has 0 fully saturated rings. The van der Waals surface area contributed by atoms with Crippen molar-refractivity contribution in [3.05, 3.63) is 88.9 Å². The zero-order valence-corrected chi connectivity index (χ0v) is 16.0. The van der Waals surface area contributed by atoms with Gasteiger partial charge in [0, 0.05) is 16.1 Å². The zero-order chi connectivity index (χ0) is 19.9. The van der Waals surface area contributed by atoms with Gasteiger partial charge in [-0.2, -0.15) is 0 Å². The van der Waals surface area contributed by atoms with Crippen molar-refractivity contribution < 1.29 is 14.3 Å². The second-order valence-electron chi connectivity index (χ2n) is 6.04. The van der Waals surface area contributed by atoms with Crippen LogP contribution in [0.3, 0.4) is 0 Å². The molecule has 0 saturated carbocycles. The summed E-state index contributed by atoms with van der Waals surface area (Å²) in [6.45, 7) is 0. The van der Waals surface area contributed by atoms with Crippen LogP contribution in [0.1, 0.15) is 15.9 Å². The summed E-state index contributed by atoms with van der Waals surface area (Å²) in [5.74, 6) is 0.155. The SMILES string of the molecule is COc1ccccc1CC(=O)Nc1ccccc1NC(=O)c1ccc(Cl)cc1. The molecular weight excluding hydrogens is 376 g/mol. The van der Waals surface area contributed by atoms with E-state index in [1.807, 2.05) is 24.3 Å². The first-order chi connectivity index (χ1) is 13.6. The number of carbonyl (C=O) groups is 2. The predicted octanol–water partition coefficient (Wildman–Crippen LogP) is 4.78. The number of carbonyl (C=O) groups excluding carboxylic acids is 2. The highest BCUT2D eigenvalue weighted by Gasteiger charge is 2.13. The number of ether oxygens (including phenoxy) is 1. The quantitative estimate of drug-likeness (QED) is 0.632. The highest BCUT2D eigenvalue weighted by atomic mass is 35.5. The number of nitrogens with one attached hydrogen (secondary N) is 2. The van der Waals surface area contributed by atoms with Gasteiger partial charge in [0.05, 0.1) is 24.9 Å². The maximum atomic E-state index is 12.5. The average Bonchev–Trinajstić information content (AvgIpc) is 2.70. The van der Waals surface area contributed by atoms with Gasteiger partial charge < -0.3 is 15.4 Å². The molecule has 0 bridgehead atoms. The molecule has 0 heterocycles. The lowest BCUT2D eigenvalue weighted by Crippen LogP contribution is -2.18. The predicted molar refractivity (Wildman–Crippen MR) is 111 cm³/mol. The van der Waals surface area contributed by atoms with Gasteiger partial charge in [-0.25, -0.2) is 0 Å². The summed E-state index contributed by atoms with van der Waals surface area (Å²) in [4.78, 5) is 25.0. The topological polar surface area (TPSA) is 67.4 Å². The number of hydrogen-bond acceptors (Lipinski definition) is 3. The number of halogens is 1. The molecule has 0 aromatic heterocycles. The highest BCUT2D eigenvalue weighted by Crippen LogP contribution is 2.23. The molecule has 0 aliphatic rings. The van der Waals surface area contributed by atoms with Gasteiger partial charge in [-0.15, -0.1) is 0 Å². The van der Waals surface area contributed by atoms with Crippen LogP contribution in [0.4, 0.5) is 11.4 Å². The Morgan fingerprint density at radius 2 is 1.46 bits per heavy atom. The van der Waals surface area contributed by atoms with Crippen molar-refractivity contribution in [3.8, 4) is 5.75 Å². The van der Waals surface area contributed by atoms with Crippen LogP contribution < -0.4 is 15.4 Å². The molecule has 3 aromatic carbocycles. The molecule has 3 aromatic rings. The molecule has 28 heavy (non-hydrogen) atoms. The molecule has 0 atom stereocenters. The van der Waals surface area contributed by atoms with Crippen molar-refractivity contribution in [2.45, 2.75) is 6.42 Å². The fourth-order valence-corrected chi connectivity index (χ4v) is 2.84. The largest absolute Gasteiger partial charge is 0.496 e. The van der Waals surface area contributed by atoms with Crippen LogP contribution in [0.2, 0.25) is 5.02 Å². The minimum atomic E-state index is -0.289. The van der Waals surface area contributed by atoms with Crippen molar-refractivity contribution in [2.75, 3.05) is 17.7 Å². The lowest BCUT2D eigenvalue weighted by Gasteiger charge is -2.13. The molecule has 0 saturated heterocycles. The lowest BCUT2D eigenvalue weighted by atomic mass is 10.1. The molecule has 0 aliphatic carbocycles. The Labute approximate surface area is 168 Å². The standard InChI is InChI=1S/C22H19ClN2O3/c1-28-20-9-5-2-6-16(20)14-21(26)24-18-7-3-4-8-19(18)25-22(27)15-10-12-17(23)13-11-15/h2-13H,14H2,1H3,(H,24,26)(H,25,27). The Morgan fingerprint density at radius 3 is 2.14 bits per heavy atom. The summed E-state index contributed by atoms with van der Waals surface area (Å²) in [6.07, 6.45) is 0.156. The first-order valence-electron chi connectivity index (χ1n) is 8.64. The van der Waals surface area contributed by atoms with E-state index in [1.165, 1.54) is 0 Å². The fourth-order valence-electron chi connectivity index (χ4n) is 2.71. The van der Waals surface area contributed by atoms with Gasteiger partial charge in [-0.05, 0) is 42.5 Å². The number of para-hydroxylation sites is 3. The number of rotatable bonds is 6. The number of methoxy groups -OCH3 is 1. The van der Waals surface area contributed by atoms with Crippen LogP contribution in [0.25, 0.3) is 0 Å². The van der Waals surface area contributed by atoms with E-state index in [0.717, 1.165) is 5.56 Å². The Bertz CT molecular complexity index is 987. The van der Waals surface area contributed by atoms with E-state index in [9.17, 15) is 9.59 Å². The molecule has 3 rings (SSSR count). The number of benzene rings is 3. The van der Waals surface area contributed by atoms with E-state index >= 15 is 0 Å². The van der Waals surface area contributed by atoms with Crippen molar-refractivity contribution in [3.63, 3.8) is 0 Å². The van der Waals surface area contributed by atoms with E-state index in [-0.39, 0.29) is 18.2 Å². The van der Waals surface area contributed by atoms with Crippen molar-refractivity contribution >= 4 is 34.8 Å². The third-order valence-electron chi connectivity index (χ3n) is 4.10. The monoisotopic (exact) mass is 394 g/mol. The first-order valence-corrected chi connectivity index (χ1v) is 9.02. The lowest BCUT2D eigenvalue weighted by molar-refractivity contribution is -0.115. The van der Waals surface area contributed by atoms with Crippen LogP contribution in [0, 0.1) is 0 Å². The Kier molecular flexibility index (Phi) is 6.29. The Balaban J connectivity index is 1.72. The summed E-state index contributed by atoms with van der Waals surface area (Å²) in [5.41, 5.74) is 2.28. The highest BCUT2D eigenvalue weighted by molar-refractivity contribution is 6.30. The maximum Gasteiger partial charge on any atom is 0.255 e. The smallest absolute Gasteiger partial charge is 0.255 e. The van der Waals surface area contributed by atoms with Gasteiger partial charge >= 0.3 is 0 Å². The molecule has 2 N–H and O–H groups in total. The molecule has 2 amide bonds. The average molecular weight is 395 g/mol. The molecule has 0 spiro atoms. The summed E-state index contributed by atoms with van der Waals surface area (Å²) in [5, 5.41) is 6.22. The van der Waals surface area contributed by atoms with Crippen LogP contribution in [-0.2, 0) is 11.2 Å². The second kappa shape index (κ2) is 9.06. The van der Waals surface area contributed by atoms with Crippen LogP contribution >= 0.6 is 11.6 Å². The van der Waals surface area contributed by atoms with E-state index < -0.39 is 0 Å². The number of anilines is 2. The van der Waals surface area contributed by atoms with E-state index in [2.05, 4.69) is 10.6 Å². The van der Waals surface area contributed by atoms with Crippen LogP contribution in [0.15, 0.2) is 72.8 Å². The minimum absolute atomic E-state index is 0.156. The summed E-state index contributed by atoms with van der Waals surface area (Å²) >= 11 is 5.86. The summed E-state index contributed by atoms with van der Waals surface area (Å²) in [6, 6.07) is 21.0. The van der Waals surface area contributed by atoms with Gasteiger partial charge in [0.2, 0.25) is 5.91 Å². The number of hydrogen-bond donors (Lipinski definition) is 2. The molecular formula is C22H19ClN2O3. The summed E-state index contributed by atoms with van der Waals surface area (Å²) in [7, 11) is 1.57. The first kappa shape index (κ1) is 19.5. The molecule has 0 unspecified atom stereocenters. The Morgan fingerprint density at radius 1 is 0.857 bits per heavy atom. The fraction of sp³-hybridized carbons (Fsp3) is 0.0909. The summed E-state index contributed by atoms with van der Waals surface area (Å²) < 4.78 is 5.28. The second-order valence-corrected chi connectivity index (χ2v) is 6.48. The molecule has 6 heteroatoms. The van der Waals surface area contributed by atoms with Gasteiger partial charge in [0.1, 0.15) is 5.75 Å². The van der Waals surface area contributed by atoms with Gasteiger partial charge in [-0.3, -0.25) is 9.59 Å². The number of amides is 2. The van der Waals surface area contributed by atoms with Crippen molar-refractivity contribution in [1.29, 1.82) is 0 Å². The van der Waals surface area contributed by atoms with Gasteiger partial charge in [0.25, 0.3) is 5.91 Å². The third kappa shape index (κ3) is 4.90. The molecule has 142 valence electrons. The zero-order valence-electron chi connectivity index (χ0n) is 15.2. The van der Waals surface area contributed by atoms with Crippen molar-refractivity contribution in [1.82, 2.24) is 0 Å². The normalized spacial score (nSPS) is 10.2. The molecule has 0 aliphatic heterocycles.